The molecule has 2 aromatic carbocycles. The van der Waals surface area contributed by atoms with Gasteiger partial charge in [-0.1, -0.05) is 47.5 Å². The molecule has 0 aliphatic heterocycles. The Bertz CT molecular complexity index is 1150. The van der Waals surface area contributed by atoms with E-state index in [-0.39, 0.29) is 47.1 Å². The maximum Gasteiger partial charge on any atom is 0.322 e. The fourth-order valence-corrected chi connectivity index (χ4v) is 4.64. The molecule has 178 valence electrons. The van der Waals surface area contributed by atoms with Crippen LogP contribution in [0.3, 0.4) is 0 Å². The van der Waals surface area contributed by atoms with E-state index in [1.807, 2.05) is 18.4 Å². The van der Waals surface area contributed by atoms with Gasteiger partial charge in [-0.15, -0.1) is 17.9 Å². The molecule has 0 bridgehead atoms. The lowest BCUT2D eigenvalue weighted by Gasteiger charge is -2.27. The molecule has 3 amide bonds. The molecule has 0 atom stereocenters. The lowest BCUT2D eigenvalue weighted by Crippen LogP contribution is -2.44. The van der Waals surface area contributed by atoms with Crippen molar-refractivity contribution in [1.82, 2.24) is 9.80 Å². The quantitative estimate of drug-likeness (QED) is 0.318. The van der Waals surface area contributed by atoms with E-state index in [1.165, 1.54) is 23.1 Å². The molecule has 3 aromatic rings. The van der Waals surface area contributed by atoms with E-state index < -0.39 is 6.03 Å². The van der Waals surface area contributed by atoms with Crippen LogP contribution in [0, 0.1) is 12.7 Å². The summed E-state index contributed by atoms with van der Waals surface area (Å²) in [5.41, 5.74) is 2.14. The third-order valence-corrected chi connectivity index (χ3v) is 6.74. The average molecular weight is 520 g/mol. The van der Waals surface area contributed by atoms with Crippen LogP contribution in [0.25, 0.3) is 0 Å². The predicted molar refractivity (Wildman–Crippen MR) is 137 cm³/mol. The third kappa shape index (κ3) is 6.82. The number of carbonyl (C=O) groups is 2. The van der Waals surface area contributed by atoms with Crippen LogP contribution in [0.5, 0.6) is 0 Å². The van der Waals surface area contributed by atoms with E-state index in [0.29, 0.717) is 6.54 Å². The smallest absolute Gasteiger partial charge is 0.322 e. The summed E-state index contributed by atoms with van der Waals surface area (Å²) in [6.07, 6.45) is 1.54. The van der Waals surface area contributed by atoms with Crippen molar-refractivity contribution in [3.05, 3.63) is 98.4 Å². The molecule has 34 heavy (non-hydrogen) atoms. The van der Waals surface area contributed by atoms with Gasteiger partial charge in [0, 0.05) is 18.0 Å². The minimum Gasteiger partial charge on any atom is -0.332 e. The zero-order chi connectivity index (χ0) is 24.7. The van der Waals surface area contributed by atoms with Gasteiger partial charge in [-0.25, -0.2) is 9.18 Å². The number of thiophene rings is 1. The highest BCUT2D eigenvalue weighted by Gasteiger charge is 2.23. The fraction of sp³-hybridized carbons (Fsp3) is 0.200. The average Bonchev–Trinajstić information content (AvgIpc) is 3.21. The molecule has 9 heteroatoms. The Morgan fingerprint density at radius 1 is 1.06 bits per heavy atom. The van der Waals surface area contributed by atoms with Crippen molar-refractivity contribution in [1.29, 1.82) is 0 Å². The van der Waals surface area contributed by atoms with Crippen molar-refractivity contribution in [2.45, 2.75) is 20.0 Å². The molecule has 0 spiro atoms. The van der Waals surface area contributed by atoms with Gasteiger partial charge in [0.2, 0.25) is 5.91 Å². The molecule has 0 aliphatic carbocycles. The number of carbonyl (C=O) groups excluding carboxylic acids is 2. The molecule has 0 fully saturated rings. The summed E-state index contributed by atoms with van der Waals surface area (Å²) >= 11 is 13.9. The minimum atomic E-state index is -0.530. The van der Waals surface area contributed by atoms with E-state index in [0.717, 1.165) is 16.0 Å². The van der Waals surface area contributed by atoms with Gasteiger partial charge in [0.15, 0.2) is 0 Å². The minimum absolute atomic E-state index is 0.141. The molecule has 0 aliphatic rings. The molecule has 1 aromatic heterocycles. The highest BCUT2D eigenvalue weighted by atomic mass is 35.5. The molecule has 0 radical (unpaired) electrons. The molecule has 0 saturated heterocycles. The first-order valence-corrected chi connectivity index (χ1v) is 12.1. The van der Waals surface area contributed by atoms with E-state index in [1.54, 1.807) is 46.6 Å². The van der Waals surface area contributed by atoms with Crippen LogP contribution >= 0.6 is 34.5 Å². The summed E-state index contributed by atoms with van der Waals surface area (Å²) < 4.78 is 13.4. The van der Waals surface area contributed by atoms with Crippen molar-refractivity contribution in [3.8, 4) is 0 Å². The summed E-state index contributed by atoms with van der Waals surface area (Å²) in [5, 5.41) is 5.23. The van der Waals surface area contributed by atoms with Gasteiger partial charge >= 0.3 is 6.03 Å². The van der Waals surface area contributed by atoms with Gasteiger partial charge in [0.1, 0.15) is 12.4 Å². The van der Waals surface area contributed by atoms with E-state index in [4.69, 9.17) is 23.2 Å². The standard InChI is InChI=1S/C25H24Cl2FN3O2S/c1-3-12-30(25(33)29-24-20(26)5-4-6-21(24)27)16-23(32)31(15-22-17(2)11-13-34-22)14-18-7-9-19(28)10-8-18/h3-11,13H,1,12,14-16H2,2H3,(H,29,33). The Hall–Kier alpha value is -2.87. The van der Waals surface area contributed by atoms with E-state index in [2.05, 4.69) is 11.9 Å². The Labute approximate surface area is 212 Å². The van der Waals surface area contributed by atoms with Crippen LogP contribution < -0.4 is 5.32 Å². The zero-order valence-electron chi connectivity index (χ0n) is 18.6. The molecule has 3 rings (SSSR count). The van der Waals surface area contributed by atoms with Gasteiger partial charge < -0.3 is 15.1 Å². The van der Waals surface area contributed by atoms with Crippen molar-refractivity contribution >= 4 is 52.2 Å². The highest BCUT2D eigenvalue weighted by Crippen LogP contribution is 2.30. The second-order valence-electron chi connectivity index (χ2n) is 7.60. The zero-order valence-corrected chi connectivity index (χ0v) is 20.9. The third-order valence-electron chi connectivity index (χ3n) is 5.10. The van der Waals surface area contributed by atoms with Crippen LogP contribution in [0.1, 0.15) is 16.0 Å². The van der Waals surface area contributed by atoms with Crippen molar-refractivity contribution in [2.75, 3.05) is 18.4 Å². The van der Waals surface area contributed by atoms with Gasteiger partial charge in [-0.05, 0) is 53.8 Å². The number of rotatable bonds is 9. The Balaban J connectivity index is 1.79. The lowest BCUT2D eigenvalue weighted by atomic mass is 10.2. The van der Waals surface area contributed by atoms with Crippen molar-refractivity contribution in [2.24, 2.45) is 0 Å². The summed E-state index contributed by atoms with van der Waals surface area (Å²) in [6, 6.07) is 12.4. The molecule has 1 heterocycles. The number of halogens is 3. The topological polar surface area (TPSA) is 52.7 Å². The maximum absolute atomic E-state index is 13.4. The Kier molecular flexibility index (Phi) is 9.10. The number of amides is 3. The Morgan fingerprint density at radius 2 is 1.74 bits per heavy atom. The van der Waals surface area contributed by atoms with Gasteiger partial charge in [0.05, 0.1) is 22.3 Å². The molecule has 1 N–H and O–H groups in total. The van der Waals surface area contributed by atoms with Gasteiger partial charge in [0.25, 0.3) is 0 Å². The number of hydrogen-bond acceptors (Lipinski definition) is 3. The number of nitrogens with one attached hydrogen (secondary N) is 1. The summed E-state index contributed by atoms with van der Waals surface area (Å²) in [4.78, 5) is 30.4. The normalized spacial score (nSPS) is 10.6. The summed E-state index contributed by atoms with van der Waals surface area (Å²) in [6.45, 7) is 6.28. The summed E-state index contributed by atoms with van der Waals surface area (Å²) in [7, 11) is 0. The van der Waals surface area contributed by atoms with Crippen LogP contribution in [0.4, 0.5) is 14.9 Å². The number of urea groups is 1. The fourth-order valence-electron chi connectivity index (χ4n) is 3.22. The first kappa shape index (κ1) is 25.7. The number of para-hydroxylation sites is 1. The molecular weight excluding hydrogens is 496 g/mol. The van der Waals surface area contributed by atoms with Crippen LogP contribution in [-0.4, -0.2) is 34.8 Å². The largest absolute Gasteiger partial charge is 0.332 e. The monoisotopic (exact) mass is 519 g/mol. The van der Waals surface area contributed by atoms with Crippen LogP contribution in [-0.2, 0) is 17.9 Å². The highest BCUT2D eigenvalue weighted by molar-refractivity contribution is 7.10. The van der Waals surface area contributed by atoms with Gasteiger partial charge in [-0.2, -0.15) is 0 Å². The van der Waals surface area contributed by atoms with Gasteiger partial charge in [-0.3, -0.25) is 4.79 Å². The first-order valence-electron chi connectivity index (χ1n) is 10.4. The molecule has 0 saturated carbocycles. The van der Waals surface area contributed by atoms with E-state index in [9.17, 15) is 14.0 Å². The lowest BCUT2D eigenvalue weighted by molar-refractivity contribution is -0.132. The first-order chi connectivity index (χ1) is 16.3. The number of benzene rings is 2. The maximum atomic E-state index is 13.4. The van der Waals surface area contributed by atoms with Crippen molar-refractivity contribution < 1.29 is 14.0 Å². The summed E-state index contributed by atoms with van der Waals surface area (Å²) in [5.74, 6) is -0.609. The number of aryl methyl sites for hydroxylation is 1. The number of nitrogens with zero attached hydrogens (tertiary/aromatic N) is 2. The number of anilines is 1. The molecule has 0 unspecified atom stereocenters. The Morgan fingerprint density at radius 3 is 2.32 bits per heavy atom. The SMILES string of the molecule is C=CCN(CC(=O)N(Cc1ccc(F)cc1)Cc1sccc1C)C(=O)Nc1c(Cl)cccc1Cl. The van der Waals surface area contributed by atoms with E-state index >= 15 is 0 Å². The predicted octanol–water partition coefficient (Wildman–Crippen LogP) is 6.75. The van der Waals surface area contributed by atoms with Crippen LogP contribution in [0.2, 0.25) is 10.0 Å². The molecule has 5 nitrogen and oxygen atoms in total. The van der Waals surface area contributed by atoms with Crippen molar-refractivity contribution in [3.63, 3.8) is 0 Å². The number of hydrogen-bond donors (Lipinski definition) is 1. The second kappa shape index (κ2) is 12.0. The molecular formula is C25H24Cl2FN3O2S. The second-order valence-corrected chi connectivity index (χ2v) is 9.41. The van der Waals surface area contributed by atoms with Crippen LogP contribution in [0.15, 0.2) is 66.6 Å².